The molecule has 2 N–H and O–H groups in total. The number of sulfonamides is 1. The van der Waals surface area contributed by atoms with Crippen molar-refractivity contribution in [2.75, 3.05) is 12.4 Å². The summed E-state index contributed by atoms with van der Waals surface area (Å²) in [7, 11) is -4.18. The Morgan fingerprint density at radius 1 is 1.38 bits per heavy atom. The van der Waals surface area contributed by atoms with Gasteiger partial charge in [0.15, 0.2) is 5.75 Å². The summed E-state index contributed by atoms with van der Waals surface area (Å²) < 4.78 is 30.0. The molecule has 7 nitrogen and oxygen atoms in total. The standard InChI is InChI=1S/C12H14ClNO6S/c1-2-20-10(15)7-21(18,19)14-11(12(16)17)8-5-3-4-6-9(8)13/h3-6,11,14H,2,7H2,1H3,(H,16,17)/t11-/m1/s1. The lowest BCUT2D eigenvalue weighted by Crippen LogP contribution is -2.37. The molecule has 116 valence electrons. The van der Waals surface area contributed by atoms with Crippen LogP contribution < -0.4 is 4.72 Å². The van der Waals surface area contributed by atoms with Crippen LogP contribution in [0.25, 0.3) is 0 Å². The fourth-order valence-electron chi connectivity index (χ4n) is 1.54. The van der Waals surface area contributed by atoms with Crippen LogP contribution >= 0.6 is 11.6 Å². The maximum absolute atomic E-state index is 11.8. The summed E-state index contributed by atoms with van der Waals surface area (Å²) in [5, 5.41) is 9.25. The smallest absolute Gasteiger partial charge is 0.326 e. The summed E-state index contributed by atoms with van der Waals surface area (Å²) in [6.07, 6.45) is 0. The minimum absolute atomic E-state index is 0.0290. The molecule has 1 rings (SSSR count). The molecule has 0 heterocycles. The number of nitrogens with one attached hydrogen (secondary N) is 1. The van der Waals surface area contributed by atoms with Gasteiger partial charge >= 0.3 is 11.9 Å². The van der Waals surface area contributed by atoms with E-state index >= 15 is 0 Å². The number of benzene rings is 1. The Morgan fingerprint density at radius 3 is 2.52 bits per heavy atom. The zero-order chi connectivity index (χ0) is 16.0. The highest BCUT2D eigenvalue weighted by molar-refractivity contribution is 7.90. The van der Waals surface area contributed by atoms with Gasteiger partial charge in [0.25, 0.3) is 0 Å². The SMILES string of the molecule is CCOC(=O)CS(=O)(=O)N[C@@H](C(=O)O)c1ccccc1Cl. The number of carboxylic acid groups (broad SMARTS) is 1. The van der Waals surface area contributed by atoms with Crippen molar-refractivity contribution in [1.29, 1.82) is 0 Å². The van der Waals surface area contributed by atoms with Crippen LogP contribution in [0.1, 0.15) is 18.5 Å². The molecule has 0 aliphatic carbocycles. The molecule has 9 heteroatoms. The van der Waals surface area contributed by atoms with E-state index in [0.717, 1.165) is 0 Å². The number of aliphatic carboxylic acids is 1. The Bertz CT molecular complexity index is 630. The molecule has 1 aromatic rings. The van der Waals surface area contributed by atoms with Gasteiger partial charge in [0.1, 0.15) is 6.04 Å². The monoisotopic (exact) mass is 335 g/mol. The van der Waals surface area contributed by atoms with Crippen molar-refractivity contribution < 1.29 is 27.9 Å². The molecule has 0 fully saturated rings. The van der Waals surface area contributed by atoms with Crippen molar-refractivity contribution in [3.05, 3.63) is 34.9 Å². The van der Waals surface area contributed by atoms with E-state index in [-0.39, 0.29) is 17.2 Å². The summed E-state index contributed by atoms with van der Waals surface area (Å²) in [6, 6.07) is 4.34. The van der Waals surface area contributed by atoms with Gasteiger partial charge in [0.05, 0.1) is 6.61 Å². The minimum Gasteiger partial charge on any atom is -0.480 e. The second-order valence-electron chi connectivity index (χ2n) is 3.97. The lowest BCUT2D eigenvalue weighted by atomic mass is 10.1. The number of halogens is 1. The van der Waals surface area contributed by atoms with Crippen LogP contribution in [0.5, 0.6) is 0 Å². The van der Waals surface area contributed by atoms with Crippen LogP contribution in [0.3, 0.4) is 0 Å². The number of carbonyl (C=O) groups is 2. The van der Waals surface area contributed by atoms with E-state index in [1.807, 2.05) is 4.72 Å². The summed E-state index contributed by atoms with van der Waals surface area (Å²) in [5.74, 6) is -3.36. The van der Waals surface area contributed by atoms with Crippen molar-refractivity contribution in [3.63, 3.8) is 0 Å². The molecule has 0 bridgehead atoms. The largest absolute Gasteiger partial charge is 0.480 e. The maximum Gasteiger partial charge on any atom is 0.326 e. The molecule has 0 unspecified atom stereocenters. The third-order valence-electron chi connectivity index (χ3n) is 2.37. The Labute approximate surface area is 126 Å². The Kier molecular flexibility index (Phi) is 6.13. The molecule has 0 amide bonds. The van der Waals surface area contributed by atoms with Crippen molar-refractivity contribution in [2.45, 2.75) is 13.0 Å². The molecule has 0 aliphatic rings. The molecule has 21 heavy (non-hydrogen) atoms. The van der Waals surface area contributed by atoms with E-state index in [1.165, 1.54) is 25.1 Å². The molecule has 0 radical (unpaired) electrons. The van der Waals surface area contributed by atoms with E-state index in [4.69, 9.17) is 16.7 Å². The first-order valence-electron chi connectivity index (χ1n) is 5.89. The first kappa shape index (κ1) is 17.4. The molecule has 1 atom stereocenters. The fourth-order valence-corrected chi connectivity index (χ4v) is 2.84. The van der Waals surface area contributed by atoms with Gasteiger partial charge in [0, 0.05) is 5.02 Å². The summed E-state index contributed by atoms with van der Waals surface area (Å²) >= 11 is 5.86. The summed E-state index contributed by atoms with van der Waals surface area (Å²) in [6.45, 7) is 1.56. The predicted octanol–water partition coefficient (Wildman–Crippen LogP) is 0.948. The molecule has 0 saturated heterocycles. The predicted molar refractivity (Wildman–Crippen MR) is 75.4 cm³/mol. The molecular weight excluding hydrogens is 322 g/mol. The topological polar surface area (TPSA) is 110 Å². The van der Waals surface area contributed by atoms with Crippen LogP contribution in [0.2, 0.25) is 5.02 Å². The van der Waals surface area contributed by atoms with E-state index in [9.17, 15) is 18.0 Å². The maximum atomic E-state index is 11.8. The second kappa shape index (κ2) is 7.39. The van der Waals surface area contributed by atoms with Crippen molar-refractivity contribution in [1.82, 2.24) is 4.72 Å². The fraction of sp³-hybridized carbons (Fsp3) is 0.333. The quantitative estimate of drug-likeness (QED) is 0.718. The van der Waals surface area contributed by atoms with Crippen LogP contribution in [0.15, 0.2) is 24.3 Å². The van der Waals surface area contributed by atoms with E-state index in [1.54, 1.807) is 6.07 Å². The van der Waals surface area contributed by atoms with Gasteiger partial charge in [0.2, 0.25) is 10.0 Å². The lowest BCUT2D eigenvalue weighted by molar-refractivity contribution is -0.141. The number of esters is 1. The molecule has 0 aromatic heterocycles. The number of ether oxygens (including phenoxy) is 1. The van der Waals surface area contributed by atoms with Gasteiger partial charge in [-0.25, -0.2) is 8.42 Å². The molecule has 0 spiro atoms. The van der Waals surface area contributed by atoms with E-state index in [0.29, 0.717) is 0 Å². The zero-order valence-electron chi connectivity index (χ0n) is 11.1. The first-order chi connectivity index (χ1) is 9.76. The molecular formula is C12H14ClNO6S. The van der Waals surface area contributed by atoms with E-state index < -0.39 is 33.8 Å². The first-order valence-corrected chi connectivity index (χ1v) is 7.92. The molecule has 1 aromatic carbocycles. The van der Waals surface area contributed by atoms with Gasteiger partial charge in [-0.2, -0.15) is 4.72 Å². The van der Waals surface area contributed by atoms with Gasteiger partial charge in [-0.05, 0) is 18.6 Å². The summed E-state index contributed by atoms with van der Waals surface area (Å²) in [4.78, 5) is 22.4. The zero-order valence-corrected chi connectivity index (χ0v) is 12.6. The highest BCUT2D eigenvalue weighted by Gasteiger charge is 2.29. The number of carboxylic acids is 1. The lowest BCUT2D eigenvalue weighted by Gasteiger charge is -2.16. The van der Waals surface area contributed by atoms with Gasteiger partial charge < -0.3 is 9.84 Å². The Morgan fingerprint density at radius 2 is 2.00 bits per heavy atom. The number of carbonyl (C=O) groups excluding carboxylic acids is 1. The average molecular weight is 336 g/mol. The van der Waals surface area contributed by atoms with Crippen molar-refractivity contribution in [3.8, 4) is 0 Å². The highest BCUT2D eigenvalue weighted by atomic mass is 35.5. The minimum atomic E-state index is -4.18. The Hall–Kier alpha value is -1.64. The third kappa shape index (κ3) is 5.33. The van der Waals surface area contributed by atoms with Crippen molar-refractivity contribution >= 4 is 33.6 Å². The second-order valence-corrected chi connectivity index (χ2v) is 6.14. The van der Waals surface area contributed by atoms with Crippen LogP contribution in [0.4, 0.5) is 0 Å². The van der Waals surface area contributed by atoms with Crippen LogP contribution in [0, 0.1) is 0 Å². The molecule has 0 aliphatic heterocycles. The van der Waals surface area contributed by atoms with Gasteiger partial charge in [-0.15, -0.1) is 0 Å². The van der Waals surface area contributed by atoms with Crippen LogP contribution in [-0.2, 0) is 24.3 Å². The molecule has 0 saturated carbocycles. The highest BCUT2D eigenvalue weighted by Crippen LogP contribution is 2.23. The number of hydrogen-bond acceptors (Lipinski definition) is 5. The van der Waals surface area contributed by atoms with Gasteiger partial charge in [-0.3, -0.25) is 9.59 Å². The van der Waals surface area contributed by atoms with E-state index in [2.05, 4.69) is 4.74 Å². The summed E-state index contributed by atoms with van der Waals surface area (Å²) in [5.41, 5.74) is 0.0825. The average Bonchev–Trinajstić information content (AvgIpc) is 2.36. The third-order valence-corrected chi connectivity index (χ3v) is 3.93. The number of hydrogen-bond donors (Lipinski definition) is 2. The number of rotatable bonds is 7. The normalized spacial score (nSPS) is 12.7. The van der Waals surface area contributed by atoms with Crippen LogP contribution in [-0.4, -0.2) is 37.8 Å². The van der Waals surface area contributed by atoms with Gasteiger partial charge in [-0.1, -0.05) is 29.8 Å². The Balaban J connectivity index is 2.97. The van der Waals surface area contributed by atoms with Crippen molar-refractivity contribution in [2.24, 2.45) is 0 Å².